The standard InChI is InChI=1S/C23H20N4O2/c28-22(14-16-15-24-21-9-5-4-8-20(16)21)25-18-10-12-19(13-11-18)27-23(29)26-17-6-2-1-3-7-17/h1-13,15,24H,14H2,(H,25,28)(H2,26,27,29). The number of aromatic amines is 1. The second kappa shape index (κ2) is 8.31. The minimum absolute atomic E-state index is 0.0997. The molecular weight excluding hydrogens is 364 g/mol. The Labute approximate surface area is 168 Å². The maximum Gasteiger partial charge on any atom is 0.323 e. The van der Waals surface area contributed by atoms with Gasteiger partial charge in [-0.15, -0.1) is 0 Å². The van der Waals surface area contributed by atoms with Crippen LogP contribution in [0.25, 0.3) is 10.9 Å². The summed E-state index contributed by atoms with van der Waals surface area (Å²) in [6, 6.07) is 23.8. The molecule has 0 saturated heterocycles. The molecule has 0 saturated carbocycles. The van der Waals surface area contributed by atoms with E-state index in [1.165, 1.54) is 0 Å². The summed E-state index contributed by atoms with van der Waals surface area (Å²) in [5, 5.41) is 9.45. The average molecular weight is 384 g/mol. The fourth-order valence-electron chi connectivity index (χ4n) is 3.11. The molecule has 144 valence electrons. The second-order valence-corrected chi connectivity index (χ2v) is 6.61. The number of rotatable bonds is 5. The molecule has 0 spiro atoms. The van der Waals surface area contributed by atoms with E-state index in [2.05, 4.69) is 20.9 Å². The Morgan fingerprint density at radius 2 is 1.28 bits per heavy atom. The van der Waals surface area contributed by atoms with E-state index in [9.17, 15) is 9.59 Å². The number of carbonyl (C=O) groups is 2. The van der Waals surface area contributed by atoms with Gasteiger partial charge < -0.3 is 20.9 Å². The van der Waals surface area contributed by atoms with Crippen LogP contribution >= 0.6 is 0 Å². The number of carbonyl (C=O) groups excluding carboxylic acids is 2. The second-order valence-electron chi connectivity index (χ2n) is 6.61. The van der Waals surface area contributed by atoms with E-state index in [0.29, 0.717) is 17.1 Å². The summed E-state index contributed by atoms with van der Waals surface area (Å²) in [5.74, 6) is -0.0997. The number of benzene rings is 3. The number of urea groups is 1. The van der Waals surface area contributed by atoms with E-state index in [4.69, 9.17) is 0 Å². The third-order valence-corrected chi connectivity index (χ3v) is 4.48. The molecule has 1 heterocycles. The van der Waals surface area contributed by atoms with Crippen molar-refractivity contribution in [1.29, 1.82) is 0 Å². The van der Waals surface area contributed by atoms with E-state index < -0.39 is 0 Å². The lowest BCUT2D eigenvalue weighted by Gasteiger charge is -2.09. The Morgan fingerprint density at radius 1 is 0.690 bits per heavy atom. The first-order valence-corrected chi connectivity index (χ1v) is 9.25. The number of amides is 3. The highest BCUT2D eigenvalue weighted by atomic mass is 16.2. The van der Waals surface area contributed by atoms with Gasteiger partial charge in [0.25, 0.3) is 0 Å². The van der Waals surface area contributed by atoms with Gasteiger partial charge in [0.15, 0.2) is 0 Å². The number of aromatic nitrogens is 1. The Kier molecular flexibility index (Phi) is 5.25. The topological polar surface area (TPSA) is 86.0 Å². The number of anilines is 3. The molecule has 0 atom stereocenters. The zero-order chi connectivity index (χ0) is 20.1. The molecule has 0 aliphatic carbocycles. The summed E-state index contributed by atoms with van der Waals surface area (Å²) in [6.07, 6.45) is 2.14. The van der Waals surface area contributed by atoms with E-state index in [0.717, 1.165) is 16.5 Å². The molecule has 0 unspecified atom stereocenters. The van der Waals surface area contributed by atoms with Crippen molar-refractivity contribution in [2.24, 2.45) is 0 Å². The van der Waals surface area contributed by atoms with Crippen LogP contribution in [0.2, 0.25) is 0 Å². The fourth-order valence-corrected chi connectivity index (χ4v) is 3.11. The van der Waals surface area contributed by atoms with Gasteiger partial charge in [0.05, 0.1) is 6.42 Å². The van der Waals surface area contributed by atoms with Crippen molar-refractivity contribution in [2.45, 2.75) is 6.42 Å². The normalized spacial score (nSPS) is 10.5. The number of hydrogen-bond acceptors (Lipinski definition) is 2. The number of nitrogens with one attached hydrogen (secondary N) is 4. The van der Waals surface area contributed by atoms with Gasteiger partial charge in [0, 0.05) is 34.2 Å². The smallest absolute Gasteiger partial charge is 0.323 e. The highest BCUT2D eigenvalue weighted by molar-refractivity contribution is 6.00. The Morgan fingerprint density at radius 3 is 2.00 bits per heavy atom. The zero-order valence-electron chi connectivity index (χ0n) is 15.6. The summed E-state index contributed by atoms with van der Waals surface area (Å²) in [4.78, 5) is 27.6. The van der Waals surface area contributed by atoms with Crippen LogP contribution in [0.3, 0.4) is 0 Å². The molecular formula is C23H20N4O2. The third-order valence-electron chi connectivity index (χ3n) is 4.48. The first-order valence-electron chi connectivity index (χ1n) is 9.25. The van der Waals surface area contributed by atoms with Gasteiger partial charge in [0.1, 0.15) is 0 Å². The van der Waals surface area contributed by atoms with Crippen molar-refractivity contribution in [3.63, 3.8) is 0 Å². The molecule has 6 heteroatoms. The lowest BCUT2D eigenvalue weighted by atomic mass is 10.1. The van der Waals surface area contributed by atoms with Crippen molar-refractivity contribution < 1.29 is 9.59 Å². The first-order chi connectivity index (χ1) is 14.2. The zero-order valence-corrected chi connectivity index (χ0v) is 15.6. The van der Waals surface area contributed by atoms with E-state index in [-0.39, 0.29) is 18.4 Å². The van der Waals surface area contributed by atoms with Crippen LogP contribution in [0.5, 0.6) is 0 Å². The molecule has 6 nitrogen and oxygen atoms in total. The SMILES string of the molecule is O=C(Cc1c[nH]c2ccccc12)Nc1ccc(NC(=O)Nc2ccccc2)cc1. The number of H-pyrrole nitrogens is 1. The maximum absolute atomic E-state index is 12.4. The minimum Gasteiger partial charge on any atom is -0.361 e. The molecule has 0 fully saturated rings. The highest BCUT2D eigenvalue weighted by Crippen LogP contribution is 2.19. The van der Waals surface area contributed by atoms with Crippen LogP contribution in [0.4, 0.5) is 21.9 Å². The van der Waals surface area contributed by atoms with Crippen molar-refractivity contribution in [1.82, 2.24) is 4.98 Å². The van der Waals surface area contributed by atoms with Crippen molar-refractivity contribution in [3.8, 4) is 0 Å². The van der Waals surface area contributed by atoms with Crippen LogP contribution in [0.15, 0.2) is 85.1 Å². The van der Waals surface area contributed by atoms with Crippen LogP contribution in [0, 0.1) is 0 Å². The predicted molar refractivity (Wildman–Crippen MR) is 116 cm³/mol. The largest absolute Gasteiger partial charge is 0.361 e. The molecule has 4 rings (SSSR count). The van der Waals surface area contributed by atoms with E-state index >= 15 is 0 Å². The van der Waals surface area contributed by atoms with Crippen LogP contribution < -0.4 is 16.0 Å². The van der Waals surface area contributed by atoms with Gasteiger partial charge in [-0.05, 0) is 48.0 Å². The Hall–Kier alpha value is -4.06. The number of para-hydroxylation sites is 2. The summed E-state index contributed by atoms with van der Waals surface area (Å²) in [7, 11) is 0. The predicted octanol–water partition coefficient (Wildman–Crippen LogP) is 4.99. The Bertz CT molecular complexity index is 1130. The lowest BCUT2D eigenvalue weighted by molar-refractivity contribution is -0.115. The summed E-state index contributed by atoms with van der Waals surface area (Å²) >= 11 is 0. The maximum atomic E-state index is 12.4. The highest BCUT2D eigenvalue weighted by Gasteiger charge is 2.09. The van der Waals surface area contributed by atoms with Gasteiger partial charge >= 0.3 is 6.03 Å². The van der Waals surface area contributed by atoms with Gasteiger partial charge in [0.2, 0.25) is 5.91 Å². The van der Waals surface area contributed by atoms with E-state index in [1.54, 1.807) is 24.3 Å². The van der Waals surface area contributed by atoms with E-state index in [1.807, 2.05) is 60.8 Å². The molecule has 4 aromatic rings. The summed E-state index contributed by atoms with van der Waals surface area (Å²) < 4.78 is 0. The summed E-state index contributed by atoms with van der Waals surface area (Å²) in [5.41, 5.74) is 3.98. The molecule has 3 aromatic carbocycles. The van der Waals surface area contributed by atoms with Crippen molar-refractivity contribution in [3.05, 3.63) is 90.6 Å². The van der Waals surface area contributed by atoms with Crippen molar-refractivity contribution >= 4 is 39.9 Å². The molecule has 1 aromatic heterocycles. The first kappa shape index (κ1) is 18.3. The Balaban J connectivity index is 1.33. The van der Waals surface area contributed by atoms with Crippen LogP contribution in [0.1, 0.15) is 5.56 Å². The fraction of sp³-hybridized carbons (Fsp3) is 0.0435. The molecule has 4 N–H and O–H groups in total. The molecule has 0 radical (unpaired) electrons. The van der Waals surface area contributed by atoms with Gasteiger partial charge in [-0.1, -0.05) is 36.4 Å². The minimum atomic E-state index is -0.327. The van der Waals surface area contributed by atoms with Crippen LogP contribution in [-0.2, 0) is 11.2 Å². The molecule has 0 aliphatic heterocycles. The molecule has 29 heavy (non-hydrogen) atoms. The molecule has 0 aliphatic rings. The van der Waals surface area contributed by atoms with Gasteiger partial charge in [-0.2, -0.15) is 0 Å². The monoisotopic (exact) mass is 384 g/mol. The third kappa shape index (κ3) is 4.62. The number of fused-ring (bicyclic) bond motifs is 1. The quantitative estimate of drug-likeness (QED) is 0.391. The number of hydrogen-bond donors (Lipinski definition) is 4. The molecule has 0 bridgehead atoms. The van der Waals surface area contributed by atoms with Crippen molar-refractivity contribution in [2.75, 3.05) is 16.0 Å². The van der Waals surface area contributed by atoms with Crippen LogP contribution in [-0.4, -0.2) is 16.9 Å². The van der Waals surface area contributed by atoms with Gasteiger partial charge in [-0.3, -0.25) is 4.79 Å². The lowest BCUT2D eigenvalue weighted by Crippen LogP contribution is -2.19. The average Bonchev–Trinajstić information content (AvgIpc) is 3.13. The van der Waals surface area contributed by atoms with Gasteiger partial charge in [-0.25, -0.2) is 4.79 Å². The molecule has 3 amide bonds. The summed E-state index contributed by atoms with van der Waals surface area (Å²) in [6.45, 7) is 0.